The predicted octanol–water partition coefficient (Wildman–Crippen LogP) is 3.53. The zero-order chi connectivity index (χ0) is 13.0. The van der Waals surface area contributed by atoms with E-state index in [9.17, 15) is 4.39 Å². The third-order valence-electron chi connectivity index (χ3n) is 2.35. The Morgan fingerprint density at radius 3 is 2.78 bits per heavy atom. The number of rotatable bonds is 4. The third-order valence-corrected chi connectivity index (χ3v) is 3.64. The first-order valence-corrected chi connectivity index (χ1v) is 6.66. The van der Waals surface area contributed by atoms with Gasteiger partial charge in [0.1, 0.15) is 10.8 Å². The molecule has 0 aliphatic heterocycles. The minimum absolute atomic E-state index is 0.244. The number of aromatic nitrogens is 1. The summed E-state index contributed by atoms with van der Waals surface area (Å²) >= 11 is 7.26. The van der Waals surface area contributed by atoms with Crippen molar-refractivity contribution in [1.82, 2.24) is 4.98 Å². The van der Waals surface area contributed by atoms with E-state index in [0.717, 1.165) is 15.5 Å². The van der Waals surface area contributed by atoms with E-state index in [0.29, 0.717) is 18.0 Å². The smallest absolute Gasteiger partial charge is 0.123 e. The van der Waals surface area contributed by atoms with Gasteiger partial charge in [-0.3, -0.25) is 0 Å². The van der Waals surface area contributed by atoms with E-state index >= 15 is 0 Å². The van der Waals surface area contributed by atoms with Crippen LogP contribution in [0, 0.1) is 5.82 Å². The Morgan fingerprint density at radius 2 is 2.11 bits per heavy atom. The van der Waals surface area contributed by atoms with Crippen molar-refractivity contribution in [2.24, 2.45) is 5.73 Å². The average Bonchev–Trinajstić information content (AvgIpc) is 2.36. The quantitative estimate of drug-likeness (QED) is 0.932. The monoisotopic (exact) mass is 282 g/mol. The number of nitrogens with zero attached hydrogens (tertiary/aromatic N) is 1. The summed E-state index contributed by atoms with van der Waals surface area (Å²) in [5, 5.41) is 1.42. The van der Waals surface area contributed by atoms with Crippen molar-refractivity contribution in [3.63, 3.8) is 0 Å². The summed E-state index contributed by atoms with van der Waals surface area (Å²) in [6.45, 7) is 0.491. The molecule has 1 aromatic heterocycles. The van der Waals surface area contributed by atoms with Crippen LogP contribution in [0.5, 0.6) is 0 Å². The van der Waals surface area contributed by atoms with Gasteiger partial charge in [-0.05, 0) is 48.9 Å². The Bertz CT molecular complexity index is 531. The molecule has 94 valence electrons. The summed E-state index contributed by atoms with van der Waals surface area (Å²) < 4.78 is 13.2. The van der Waals surface area contributed by atoms with Crippen molar-refractivity contribution >= 4 is 23.4 Å². The molecule has 2 aromatic rings. The summed E-state index contributed by atoms with van der Waals surface area (Å²) in [4.78, 5) is 5.17. The Kier molecular flexibility index (Phi) is 4.58. The Morgan fingerprint density at radius 1 is 1.28 bits per heavy atom. The second-order valence-electron chi connectivity index (χ2n) is 3.71. The largest absolute Gasteiger partial charge is 0.330 e. The highest BCUT2D eigenvalue weighted by atomic mass is 35.5. The minimum atomic E-state index is -0.244. The molecule has 0 bridgehead atoms. The molecule has 18 heavy (non-hydrogen) atoms. The van der Waals surface area contributed by atoms with Gasteiger partial charge in [0.05, 0.1) is 5.02 Å². The Hall–Kier alpha value is -1.10. The number of benzene rings is 1. The van der Waals surface area contributed by atoms with Gasteiger partial charge in [0.15, 0.2) is 0 Å². The van der Waals surface area contributed by atoms with E-state index in [1.165, 1.54) is 23.9 Å². The van der Waals surface area contributed by atoms with Crippen LogP contribution in [0.15, 0.2) is 46.5 Å². The fourth-order valence-electron chi connectivity index (χ4n) is 1.53. The van der Waals surface area contributed by atoms with Gasteiger partial charge in [-0.1, -0.05) is 23.4 Å². The van der Waals surface area contributed by atoms with Gasteiger partial charge in [0.2, 0.25) is 0 Å². The average molecular weight is 283 g/mol. The molecule has 2 nitrogen and oxygen atoms in total. The highest BCUT2D eigenvalue weighted by molar-refractivity contribution is 7.99. The maximum atomic E-state index is 13.2. The van der Waals surface area contributed by atoms with Gasteiger partial charge in [-0.2, -0.15) is 0 Å². The first-order valence-electron chi connectivity index (χ1n) is 5.47. The van der Waals surface area contributed by atoms with Crippen LogP contribution in [0.4, 0.5) is 4.39 Å². The zero-order valence-electron chi connectivity index (χ0n) is 9.57. The summed E-state index contributed by atoms with van der Waals surface area (Å²) in [6, 6.07) is 8.33. The molecule has 2 N–H and O–H groups in total. The summed E-state index contributed by atoms with van der Waals surface area (Å²) in [7, 11) is 0. The zero-order valence-corrected chi connectivity index (χ0v) is 11.1. The lowest BCUT2D eigenvalue weighted by Crippen LogP contribution is -2.04. The van der Waals surface area contributed by atoms with E-state index in [2.05, 4.69) is 4.98 Å². The molecular formula is C13H12ClFN2S. The van der Waals surface area contributed by atoms with Crippen molar-refractivity contribution in [1.29, 1.82) is 0 Å². The standard InChI is InChI=1S/C13H12ClFN2S/c14-10-1-4-13(17-8-10)18-12-3-2-11(15)7-9(12)5-6-16/h1-4,7-8H,5-6,16H2. The van der Waals surface area contributed by atoms with Crippen LogP contribution in [0.3, 0.4) is 0 Å². The third kappa shape index (κ3) is 3.45. The molecule has 1 heterocycles. The molecule has 0 spiro atoms. The van der Waals surface area contributed by atoms with Crippen LogP contribution in [-0.2, 0) is 6.42 Å². The van der Waals surface area contributed by atoms with Crippen LogP contribution in [0.25, 0.3) is 0 Å². The highest BCUT2D eigenvalue weighted by Gasteiger charge is 2.06. The van der Waals surface area contributed by atoms with Gasteiger partial charge in [0, 0.05) is 11.1 Å². The first kappa shape index (κ1) is 13.3. The Labute approximate surface area is 114 Å². The highest BCUT2D eigenvalue weighted by Crippen LogP contribution is 2.30. The lowest BCUT2D eigenvalue weighted by molar-refractivity contribution is 0.623. The van der Waals surface area contributed by atoms with Crippen molar-refractivity contribution < 1.29 is 4.39 Å². The van der Waals surface area contributed by atoms with Crippen LogP contribution >= 0.6 is 23.4 Å². The number of pyridine rings is 1. The molecule has 0 unspecified atom stereocenters. The molecule has 2 rings (SSSR count). The number of hydrogen-bond acceptors (Lipinski definition) is 3. The molecule has 5 heteroatoms. The second-order valence-corrected chi connectivity index (χ2v) is 5.21. The number of halogens is 2. The predicted molar refractivity (Wildman–Crippen MR) is 72.5 cm³/mol. The van der Waals surface area contributed by atoms with Gasteiger partial charge in [0.25, 0.3) is 0 Å². The first-order chi connectivity index (χ1) is 8.69. The van der Waals surface area contributed by atoms with Crippen LogP contribution < -0.4 is 5.73 Å². The summed E-state index contributed by atoms with van der Waals surface area (Å²) in [5.74, 6) is -0.244. The Balaban J connectivity index is 2.25. The van der Waals surface area contributed by atoms with E-state index in [-0.39, 0.29) is 5.82 Å². The maximum absolute atomic E-state index is 13.2. The van der Waals surface area contributed by atoms with Crippen LogP contribution in [0.2, 0.25) is 5.02 Å². The second kappa shape index (κ2) is 6.18. The van der Waals surface area contributed by atoms with Crippen molar-refractivity contribution in [3.05, 3.63) is 52.9 Å². The van der Waals surface area contributed by atoms with Gasteiger partial charge in [-0.25, -0.2) is 9.37 Å². The lowest BCUT2D eigenvalue weighted by Gasteiger charge is -2.08. The SMILES string of the molecule is NCCc1cc(F)ccc1Sc1ccc(Cl)cn1. The molecule has 0 amide bonds. The van der Waals surface area contributed by atoms with Crippen LogP contribution in [0.1, 0.15) is 5.56 Å². The number of nitrogens with two attached hydrogens (primary N) is 1. The van der Waals surface area contributed by atoms with E-state index in [1.807, 2.05) is 6.07 Å². The van der Waals surface area contributed by atoms with Crippen molar-refractivity contribution in [3.8, 4) is 0 Å². The number of hydrogen-bond donors (Lipinski definition) is 1. The van der Waals surface area contributed by atoms with Crippen molar-refractivity contribution in [2.45, 2.75) is 16.3 Å². The van der Waals surface area contributed by atoms with Gasteiger partial charge in [-0.15, -0.1) is 0 Å². The van der Waals surface area contributed by atoms with Gasteiger partial charge < -0.3 is 5.73 Å². The molecule has 0 saturated carbocycles. The van der Waals surface area contributed by atoms with E-state index in [4.69, 9.17) is 17.3 Å². The normalized spacial score (nSPS) is 10.6. The molecule has 0 saturated heterocycles. The fourth-order valence-corrected chi connectivity index (χ4v) is 2.54. The maximum Gasteiger partial charge on any atom is 0.123 e. The molecular weight excluding hydrogens is 271 g/mol. The fraction of sp³-hybridized carbons (Fsp3) is 0.154. The van der Waals surface area contributed by atoms with Gasteiger partial charge >= 0.3 is 0 Å². The lowest BCUT2D eigenvalue weighted by atomic mass is 10.1. The molecule has 0 radical (unpaired) electrons. The molecule has 1 aromatic carbocycles. The molecule has 0 aliphatic carbocycles. The molecule has 0 fully saturated rings. The van der Waals surface area contributed by atoms with Crippen LogP contribution in [-0.4, -0.2) is 11.5 Å². The molecule has 0 atom stereocenters. The van der Waals surface area contributed by atoms with Crippen molar-refractivity contribution in [2.75, 3.05) is 6.54 Å². The van der Waals surface area contributed by atoms with E-state index in [1.54, 1.807) is 18.3 Å². The van der Waals surface area contributed by atoms with E-state index < -0.39 is 0 Å². The molecule has 0 aliphatic rings. The topological polar surface area (TPSA) is 38.9 Å². The minimum Gasteiger partial charge on any atom is -0.330 e. The summed E-state index contributed by atoms with van der Waals surface area (Å²) in [5.41, 5.74) is 6.43. The summed E-state index contributed by atoms with van der Waals surface area (Å²) in [6.07, 6.45) is 2.24.